The van der Waals surface area contributed by atoms with E-state index in [0.717, 1.165) is 0 Å². The molecule has 6 heteroatoms. The fraction of sp³-hybridized carbons (Fsp3) is 0.417. The Balaban J connectivity index is 2.89. The van der Waals surface area contributed by atoms with Crippen LogP contribution in [0.4, 0.5) is 0 Å². The Hall–Kier alpha value is -1.95. The lowest BCUT2D eigenvalue weighted by atomic mass is 10.1. The zero-order valence-electron chi connectivity index (χ0n) is 10.4. The molecule has 18 heavy (non-hydrogen) atoms. The Kier molecular flexibility index (Phi) is 5.26. The van der Waals surface area contributed by atoms with Gasteiger partial charge in [-0.25, -0.2) is 0 Å². The molecular formula is C12H16N2O4. The third kappa shape index (κ3) is 4.14. The lowest BCUT2D eigenvalue weighted by Crippen LogP contribution is -2.17. The molecular weight excluding hydrogens is 236 g/mol. The molecule has 0 saturated carbocycles. The minimum Gasteiger partial charge on any atom is -0.490 e. The molecule has 0 aliphatic heterocycles. The van der Waals surface area contributed by atoms with Gasteiger partial charge in [0.25, 0.3) is 5.91 Å². The monoisotopic (exact) mass is 252 g/mol. The van der Waals surface area contributed by atoms with Gasteiger partial charge in [0.2, 0.25) is 0 Å². The summed E-state index contributed by atoms with van der Waals surface area (Å²) in [4.78, 5) is 26.4. The predicted octanol–water partition coefficient (Wildman–Crippen LogP) is 0.337. The minimum absolute atomic E-state index is 0.0800. The Labute approximate surface area is 105 Å². The number of amides is 1. The number of aromatic nitrogens is 1. The summed E-state index contributed by atoms with van der Waals surface area (Å²) < 4.78 is 10.2. The number of carbonyl (C=O) groups is 2. The smallest absolute Gasteiger partial charge is 0.250 e. The van der Waals surface area contributed by atoms with Gasteiger partial charge in [0, 0.05) is 13.5 Å². The van der Waals surface area contributed by atoms with Crippen molar-refractivity contribution in [3.8, 4) is 5.75 Å². The number of methoxy groups -OCH3 is 1. The Morgan fingerprint density at radius 1 is 1.39 bits per heavy atom. The van der Waals surface area contributed by atoms with E-state index in [4.69, 9.17) is 15.2 Å². The number of rotatable bonds is 7. The number of ether oxygens (including phenoxy) is 2. The number of hydrogen-bond acceptors (Lipinski definition) is 5. The van der Waals surface area contributed by atoms with Gasteiger partial charge in [-0.05, 0) is 13.0 Å². The molecule has 0 saturated heterocycles. The summed E-state index contributed by atoms with van der Waals surface area (Å²) in [6, 6.07) is 1.49. The first kappa shape index (κ1) is 14.1. The molecule has 0 spiro atoms. The van der Waals surface area contributed by atoms with Crippen molar-refractivity contribution in [3.05, 3.63) is 23.5 Å². The van der Waals surface area contributed by atoms with Gasteiger partial charge >= 0.3 is 0 Å². The third-order valence-corrected chi connectivity index (χ3v) is 2.18. The Bertz CT molecular complexity index is 446. The van der Waals surface area contributed by atoms with Crippen LogP contribution >= 0.6 is 0 Å². The van der Waals surface area contributed by atoms with E-state index in [1.165, 1.54) is 19.2 Å². The second kappa shape index (κ2) is 6.70. The molecule has 0 bridgehead atoms. The number of primary amides is 1. The normalized spacial score (nSPS) is 10.1. The quantitative estimate of drug-likeness (QED) is 0.706. The molecule has 6 nitrogen and oxygen atoms in total. The summed E-state index contributed by atoms with van der Waals surface area (Å²) in [7, 11) is 1.56. The van der Waals surface area contributed by atoms with Crippen LogP contribution in [0.15, 0.2) is 12.3 Å². The van der Waals surface area contributed by atoms with E-state index >= 15 is 0 Å². The minimum atomic E-state index is -0.629. The maximum absolute atomic E-state index is 11.3. The Morgan fingerprint density at radius 2 is 2.11 bits per heavy atom. The SMILES string of the molecule is COCCOc1cnc(CC(C)=O)c(C(N)=O)c1. The highest BCUT2D eigenvalue weighted by Crippen LogP contribution is 2.15. The van der Waals surface area contributed by atoms with Crippen molar-refractivity contribution in [2.45, 2.75) is 13.3 Å². The first-order valence-electron chi connectivity index (χ1n) is 5.44. The first-order valence-corrected chi connectivity index (χ1v) is 5.44. The van der Waals surface area contributed by atoms with E-state index in [1.807, 2.05) is 0 Å². The molecule has 1 heterocycles. The van der Waals surface area contributed by atoms with Gasteiger partial charge < -0.3 is 15.2 Å². The topological polar surface area (TPSA) is 91.5 Å². The van der Waals surface area contributed by atoms with Crippen molar-refractivity contribution in [1.29, 1.82) is 0 Å². The Morgan fingerprint density at radius 3 is 2.67 bits per heavy atom. The molecule has 0 fully saturated rings. The number of ketones is 1. The van der Waals surface area contributed by atoms with Crippen LogP contribution in [-0.2, 0) is 16.0 Å². The van der Waals surface area contributed by atoms with Gasteiger partial charge in [0.1, 0.15) is 18.1 Å². The predicted molar refractivity (Wildman–Crippen MR) is 64.5 cm³/mol. The summed E-state index contributed by atoms with van der Waals surface area (Å²) in [6.45, 7) is 2.21. The van der Waals surface area contributed by atoms with Crippen LogP contribution in [0.3, 0.4) is 0 Å². The number of nitrogens with two attached hydrogens (primary N) is 1. The molecule has 1 aromatic rings. The van der Waals surface area contributed by atoms with Gasteiger partial charge in [0.15, 0.2) is 0 Å². The van der Waals surface area contributed by atoms with Crippen molar-refractivity contribution >= 4 is 11.7 Å². The lowest BCUT2D eigenvalue weighted by Gasteiger charge is -2.09. The van der Waals surface area contributed by atoms with E-state index in [0.29, 0.717) is 24.7 Å². The van der Waals surface area contributed by atoms with Crippen molar-refractivity contribution < 1.29 is 19.1 Å². The fourth-order valence-corrected chi connectivity index (χ4v) is 1.39. The van der Waals surface area contributed by atoms with Crippen LogP contribution in [0.2, 0.25) is 0 Å². The van der Waals surface area contributed by atoms with Crippen LogP contribution in [0.25, 0.3) is 0 Å². The van der Waals surface area contributed by atoms with E-state index < -0.39 is 5.91 Å². The molecule has 0 aromatic carbocycles. The molecule has 98 valence electrons. The van der Waals surface area contributed by atoms with E-state index in [-0.39, 0.29) is 17.8 Å². The van der Waals surface area contributed by atoms with Crippen LogP contribution in [0, 0.1) is 0 Å². The van der Waals surface area contributed by atoms with Crippen molar-refractivity contribution in [2.24, 2.45) is 5.73 Å². The lowest BCUT2D eigenvalue weighted by molar-refractivity contribution is -0.116. The van der Waals surface area contributed by atoms with E-state index in [1.54, 1.807) is 7.11 Å². The molecule has 0 atom stereocenters. The summed E-state index contributed by atoms with van der Waals surface area (Å²) in [5, 5.41) is 0. The first-order chi connectivity index (χ1) is 8.54. The average molecular weight is 252 g/mol. The zero-order chi connectivity index (χ0) is 13.5. The highest BCUT2D eigenvalue weighted by atomic mass is 16.5. The van der Waals surface area contributed by atoms with Gasteiger partial charge in [-0.1, -0.05) is 0 Å². The molecule has 0 radical (unpaired) electrons. The number of Topliss-reactive ketones (excluding diaryl/α,β-unsaturated/α-hetero) is 1. The van der Waals surface area contributed by atoms with Crippen molar-refractivity contribution in [2.75, 3.05) is 20.3 Å². The zero-order valence-corrected chi connectivity index (χ0v) is 10.4. The second-order valence-electron chi connectivity index (χ2n) is 3.75. The number of pyridine rings is 1. The number of carbonyl (C=O) groups excluding carboxylic acids is 2. The summed E-state index contributed by atoms with van der Waals surface area (Å²) in [5.41, 5.74) is 5.82. The van der Waals surface area contributed by atoms with Crippen LogP contribution < -0.4 is 10.5 Å². The highest BCUT2D eigenvalue weighted by molar-refractivity contribution is 5.95. The molecule has 0 aliphatic carbocycles. The summed E-state index contributed by atoms with van der Waals surface area (Å²) in [6.07, 6.45) is 1.54. The van der Waals surface area contributed by atoms with Crippen LogP contribution in [0.1, 0.15) is 23.0 Å². The van der Waals surface area contributed by atoms with Crippen LogP contribution in [-0.4, -0.2) is 37.0 Å². The maximum Gasteiger partial charge on any atom is 0.250 e. The highest BCUT2D eigenvalue weighted by Gasteiger charge is 2.13. The second-order valence-corrected chi connectivity index (χ2v) is 3.75. The van der Waals surface area contributed by atoms with E-state index in [9.17, 15) is 9.59 Å². The molecule has 0 aliphatic rings. The van der Waals surface area contributed by atoms with Crippen LogP contribution in [0.5, 0.6) is 5.75 Å². The third-order valence-electron chi connectivity index (χ3n) is 2.18. The van der Waals surface area contributed by atoms with Gasteiger partial charge in [-0.2, -0.15) is 0 Å². The largest absolute Gasteiger partial charge is 0.490 e. The number of hydrogen-bond donors (Lipinski definition) is 1. The maximum atomic E-state index is 11.3. The van der Waals surface area contributed by atoms with Crippen molar-refractivity contribution in [1.82, 2.24) is 4.98 Å². The van der Waals surface area contributed by atoms with Gasteiger partial charge in [-0.15, -0.1) is 0 Å². The van der Waals surface area contributed by atoms with Gasteiger partial charge in [-0.3, -0.25) is 14.6 Å². The summed E-state index contributed by atoms with van der Waals surface area (Å²) in [5.74, 6) is -0.290. The fourth-order valence-electron chi connectivity index (χ4n) is 1.39. The molecule has 1 amide bonds. The molecule has 2 N–H and O–H groups in total. The molecule has 0 unspecified atom stereocenters. The van der Waals surface area contributed by atoms with Gasteiger partial charge in [0.05, 0.1) is 24.1 Å². The van der Waals surface area contributed by atoms with Crippen molar-refractivity contribution in [3.63, 3.8) is 0 Å². The summed E-state index contributed by atoms with van der Waals surface area (Å²) >= 11 is 0. The molecule has 1 aromatic heterocycles. The average Bonchev–Trinajstić information content (AvgIpc) is 2.30. The van der Waals surface area contributed by atoms with E-state index in [2.05, 4.69) is 4.98 Å². The standard InChI is InChI=1S/C12H16N2O4/c1-8(15)5-11-10(12(13)16)6-9(7-14-11)18-4-3-17-2/h6-7H,3-5H2,1-2H3,(H2,13,16). The molecule has 1 rings (SSSR count). The number of nitrogens with zero attached hydrogens (tertiary/aromatic N) is 1.